The summed E-state index contributed by atoms with van der Waals surface area (Å²) in [6.07, 6.45) is 1.39. The maximum atomic E-state index is 11.9. The molecule has 0 spiro atoms. The van der Waals surface area contributed by atoms with E-state index >= 15 is 0 Å². The van der Waals surface area contributed by atoms with Crippen molar-refractivity contribution in [2.24, 2.45) is 0 Å². The van der Waals surface area contributed by atoms with Gasteiger partial charge in [-0.2, -0.15) is 0 Å². The van der Waals surface area contributed by atoms with Crippen LogP contribution in [0.5, 0.6) is 5.75 Å². The van der Waals surface area contributed by atoms with E-state index in [9.17, 15) is 8.42 Å². The summed E-state index contributed by atoms with van der Waals surface area (Å²) in [6, 6.07) is 11.2. The second-order valence-electron chi connectivity index (χ2n) is 5.13. The Hall–Kier alpha value is -1.57. The van der Waals surface area contributed by atoms with Crippen molar-refractivity contribution in [3.8, 4) is 5.75 Å². The monoisotopic (exact) mass is 352 g/mol. The second-order valence-corrected chi connectivity index (χ2v) is 8.40. The summed E-state index contributed by atoms with van der Waals surface area (Å²) in [4.78, 5) is 4.38. The Morgan fingerprint density at radius 3 is 2.61 bits per heavy atom. The predicted molar refractivity (Wildman–Crippen MR) is 92.5 cm³/mol. The first-order valence-corrected chi connectivity index (χ1v) is 9.53. The molecule has 23 heavy (non-hydrogen) atoms. The minimum atomic E-state index is -3.42. The highest BCUT2D eigenvalue weighted by molar-refractivity contribution is 7.99. The quantitative estimate of drug-likeness (QED) is 0.566. The van der Waals surface area contributed by atoms with Crippen LogP contribution >= 0.6 is 11.8 Å². The van der Waals surface area contributed by atoms with Gasteiger partial charge in [-0.1, -0.05) is 12.1 Å². The second kappa shape index (κ2) is 7.81. The van der Waals surface area contributed by atoms with Crippen LogP contribution in [0.25, 0.3) is 0 Å². The number of thioether (sulfide) groups is 1. The molecule has 5 nitrogen and oxygen atoms in total. The van der Waals surface area contributed by atoms with Gasteiger partial charge in [0, 0.05) is 26.0 Å². The third kappa shape index (κ3) is 4.95. The molecule has 0 unspecified atom stereocenters. The smallest absolute Gasteiger partial charge is 0.244 e. The lowest BCUT2D eigenvalue weighted by Gasteiger charge is -2.11. The molecule has 0 amide bonds. The number of benzene rings is 1. The van der Waals surface area contributed by atoms with Crippen LogP contribution in [-0.2, 0) is 10.0 Å². The molecule has 2 aromatic rings. The summed E-state index contributed by atoms with van der Waals surface area (Å²) in [5.41, 5.74) is 1.16. The molecular weight excluding hydrogens is 332 g/mol. The third-order valence-electron chi connectivity index (χ3n) is 3.08. The van der Waals surface area contributed by atoms with Crippen LogP contribution in [0, 0.1) is 6.92 Å². The van der Waals surface area contributed by atoms with Gasteiger partial charge in [0.1, 0.15) is 10.6 Å². The SMILES string of the molecule is Cc1cccc(OCCSc2ccc(S(=O)(=O)N(C)C)cn2)c1. The maximum Gasteiger partial charge on any atom is 0.244 e. The van der Waals surface area contributed by atoms with Gasteiger partial charge in [0.25, 0.3) is 0 Å². The van der Waals surface area contributed by atoms with E-state index in [0.29, 0.717) is 6.61 Å². The van der Waals surface area contributed by atoms with Crippen molar-refractivity contribution >= 4 is 21.8 Å². The molecule has 0 N–H and O–H groups in total. The fourth-order valence-corrected chi connectivity index (χ4v) is 3.34. The Morgan fingerprint density at radius 2 is 2.00 bits per heavy atom. The van der Waals surface area contributed by atoms with E-state index in [1.807, 2.05) is 31.2 Å². The van der Waals surface area contributed by atoms with Crippen LogP contribution < -0.4 is 4.74 Å². The Labute approximate surface area is 141 Å². The van der Waals surface area contributed by atoms with Gasteiger partial charge in [-0.3, -0.25) is 0 Å². The highest BCUT2D eigenvalue weighted by atomic mass is 32.2. The van der Waals surface area contributed by atoms with Crippen LogP contribution in [0.15, 0.2) is 52.5 Å². The van der Waals surface area contributed by atoms with Crippen LogP contribution in [0.4, 0.5) is 0 Å². The lowest BCUT2D eigenvalue weighted by atomic mass is 10.2. The van der Waals surface area contributed by atoms with Gasteiger partial charge in [-0.15, -0.1) is 11.8 Å². The molecule has 1 heterocycles. The number of hydrogen-bond donors (Lipinski definition) is 0. The summed E-state index contributed by atoms with van der Waals surface area (Å²) in [6.45, 7) is 2.59. The maximum absolute atomic E-state index is 11.9. The molecule has 1 aromatic carbocycles. The molecule has 0 fully saturated rings. The van der Waals surface area contributed by atoms with Crippen molar-refractivity contribution in [2.75, 3.05) is 26.5 Å². The summed E-state index contributed by atoms with van der Waals surface area (Å²) in [7, 11) is -0.421. The number of aromatic nitrogens is 1. The number of aryl methyl sites for hydroxylation is 1. The molecule has 0 aliphatic rings. The van der Waals surface area contributed by atoms with E-state index in [2.05, 4.69) is 4.98 Å². The molecule has 2 rings (SSSR count). The van der Waals surface area contributed by atoms with E-state index in [0.717, 1.165) is 22.1 Å². The number of pyridine rings is 1. The van der Waals surface area contributed by atoms with Gasteiger partial charge in [0.2, 0.25) is 10.0 Å². The summed E-state index contributed by atoms with van der Waals surface area (Å²) in [5.74, 6) is 1.59. The van der Waals surface area contributed by atoms with Crippen molar-refractivity contribution < 1.29 is 13.2 Å². The number of nitrogens with zero attached hydrogens (tertiary/aromatic N) is 2. The molecule has 0 saturated carbocycles. The number of sulfonamides is 1. The predicted octanol–water partition coefficient (Wildman–Crippen LogP) is 2.81. The zero-order valence-electron chi connectivity index (χ0n) is 13.4. The molecule has 0 radical (unpaired) electrons. The molecule has 0 saturated heterocycles. The first-order chi connectivity index (χ1) is 10.9. The molecule has 0 bridgehead atoms. The molecule has 124 valence electrons. The number of ether oxygens (including phenoxy) is 1. The van der Waals surface area contributed by atoms with E-state index in [4.69, 9.17) is 4.74 Å². The fourth-order valence-electron chi connectivity index (χ4n) is 1.83. The van der Waals surface area contributed by atoms with Gasteiger partial charge in [-0.05, 0) is 36.8 Å². The topological polar surface area (TPSA) is 59.5 Å². The van der Waals surface area contributed by atoms with E-state index < -0.39 is 10.0 Å². The average Bonchev–Trinajstić information content (AvgIpc) is 2.52. The number of rotatable bonds is 7. The van der Waals surface area contributed by atoms with Crippen molar-refractivity contribution in [2.45, 2.75) is 16.8 Å². The van der Waals surface area contributed by atoms with E-state index in [-0.39, 0.29) is 4.90 Å². The molecule has 1 aromatic heterocycles. The normalized spacial score (nSPS) is 11.7. The molecule has 0 aliphatic heterocycles. The lowest BCUT2D eigenvalue weighted by molar-refractivity contribution is 0.343. The van der Waals surface area contributed by atoms with Crippen LogP contribution in [0.2, 0.25) is 0 Å². The van der Waals surface area contributed by atoms with Crippen molar-refractivity contribution in [3.63, 3.8) is 0 Å². The third-order valence-corrected chi connectivity index (χ3v) is 5.79. The van der Waals surface area contributed by atoms with Crippen molar-refractivity contribution in [3.05, 3.63) is 48.2 Å². The molecule has 7 heteroatoms. The van der Waals surface area contributed by atoms with Crippen LogP contribution in [0.3, 0.4) is 0 Å². The first-order valence-electron chi connectivity index (χ1n) is 7.10. The highest BCUT2D eigenvalue weighted by Crippen LogP contribution is 2.19. The summed E-state index contributed by atoms with van der Waals surface area (Å²) in [5, 5.41) is 0.774. The van der Waals surface area contributed by atoms with Gasteiger partial charge < -0.3 is 4.74 Å². The fraction of sp³-hybridized carbons (Fsp3) is 0.312. The molecule has 0 aliphatic carbocycles. The Kier molecular flexibility index (Phi) is 6.04. The Morgan fingerprint density at radius 1 is 1.22 bits per heavy atom. The average molecular weight is 352 g/mol. The van der Waals surface area contributed by atoms with Crippen molar-refractivity contribution in [1.29, 1.82) is 0 Å². The van der Waals surface area contributed by atoms with Gasteiger partial charge in [-0.25, -0.2) is 17.7 Å². The standard InChI is InChI=1S/C16H20N2O3S2/c1-13-5-4-6-14(11-13)21-9-10-22-16-8-7-15(12-17-16)23(19,20)18(2)3/h4-8,11-12H,9-10H2,1-3H3. The van der Waals surface area contributed by atoms with Gasteiger partial charge in [0.05, 0.1) is 11.6 Å². The van der Waals surface area contributed by atoms with Gasteiger partial charge in [0.15, 0.2) is 0 Å². The Balaban J connectivity index is 1.85. The molecule has 0 atom stereocenters. The van der Waals surface area contributed by atoms with E-state index in [1.54, 1.807) is 12.1 Å². The lowest BCUT2D eigenvalue weighted by Crippen LogP contribution is -2.22. The zero-order chi connectivity index (χ0) is 16.9. The van der Waals surface area contributed by atoms with Crippen molar-refractivity contribution in [1.82, 2.24) is 9.29 Å². The van der Waals surface area contributed by atoms with Gasteiger partial charge >= 0.3 is 0 Å². The minimum Gasteiger partial charge on any atom is -0.493 e. The van der Waals surface area contributed by atoms with Crippen LogP contribution in [0.1, 0.15) is 5.56 Å². The summed E-state index contributed by atoms with van der Waals surface area (Å²) >= 11 is 1.53. The Bertz CT molecular complexity index is 744. The van der Waals surface area contributed by atoms with E-state index in [1.165, 1.54) is 36.4 Å². The van der Waals surface area contributed by atoms with Crippen LogP contribution in [-0.4, -0.2) is 44.2 Å². The number of hydrogen-bond acceptors (Lipinski definition) is 5. The largest absolute Gasteiger partial charge is 0.493 e. The summed E-state index contributed by atoms with van der Waals surface area (Å²) < 4.78 is 30.7. The highest BCUT2D eigenvalue weighted by Gasteiger charge is 2.17. The molecular formula is C16H20N2O3S2. The first kappa shape index (κ1) is 17.8. The minimum absolute atomic E-state index is 0.197. The zero-order valence-corrected chi connectivity index (χ0v) is 15.0.